The van der Waals surface area contributed by atoms with Gasteiger partial charge in [-0.15, -0.1) is 0 Å². The molecule has 0 bridgehead atoms. The average Bonchev–Trinajstić information content (AvgIpc) is 3.06. The van der Waals surface area contributed by atoms with Crippen molar-refractivity contribution in [3.8, 4) is 5.75 Å². The number of anilines is 2. The first-order valence-electron chi connectivity index (χ1n) is 8.24. The van der Waals surface area contributed by atoms with Crippen LogP contribution in [0.15, 0.2) is 54.6 Å². The number of hydrogen-bond acceptors (Lipinski definition) is 4. The summed E-state index contributed by atoms with van der Waals surface area (Å²) in [6.07, 6.45) is 0.682. The third-order valence-electron chi connectivity index (χ3n) is 3.78. The van der Waals surface area contributed by atoms with Crippen molar-refractivity contribution in [1.29, 1.82) is 0 Å². The van der Waals surface area contributed by atoms with Gasteiger partial charge in [-0.1, -0.05) is 18.2 Å². The second-order valence-electron chi connectivity index (χ2n) is 5.63. The molecule has 0 atom stereocenters. The summed E-state index contributed by atoms with van der Waals surface area (Å²) in [6, 6.07) is 16.7. The number of cyclic esters (lactones) is 1. The van der Waals surface area contributed by atoms with Gasteiger partial charge in [-0.3, -0.25) is 9.69 Å². The molecule has 2 aromatic rings. The lowest BCUT2D eigenvalue weighted by molar-refractivity contribution is -0.116. The molecule has 1 aliphatic rings. The van der Waals surface area contributed by atoms with Crippen LogP contribution in [-0.2, 0) is 9.53 Å². The summed E-state index contributed by atoms with van der Waals surface area (Å²) in [5.74, 6) is 0.740. The molecule has 1 heterocycles. The van der Waals surface area contributed by atoms with Crippen molar-refractivity contribution < 1.29 is 19.1 Å². The molecule has 130 valence electrons. The van der Waals surface area contributed by atoms with E-state index in [9.17, 15) is 9.59 Å². The highest BCUT2D eigenvalue weighted by atomic mass is 16.6. The molecule has 0 unspecified atom stereocenters. The SMILES string of the molecule is O=C(CCCOc1ccccc1)Nc1ccc(N2CCOC2=O)cc1. The lowest BCUT2D eigenvalue weighted by atomic mass is 10.2. The first-order valence-corrected chi connectivity index (χ1v) is 8.24. The minimum Gasteiger partial charge on any atom is -0.494 e. The van der Waals surface area contributed by atoms with Crippen molar-refractivity contribution in [2.75, 3.05) is 30.0 Å². The van der Waals surface area contributed by atoms with E-state index in [1.54, 1.807) is 29.2 Å². The van der Waals surface area contributed by atoms with Crippen molar-refractivity contribution in [3.63, 3.8) is 0 Å². The second kappa shape index (κ2) is 8.19. The predicted octanol–water partition coefficient (Wildman–Crippen LogP) is 3.44. The van der Waals surface area contributed by atoms with Gasteiger partial charge in [-0.05, 0) is 42.8 Å². The molecule has 6 heteroatoms. The smallest absolute Gasteiger partial charge is 0.414 e. The minimum absolute atomic E-state index is 0.0648. The summed E-state index contributed by atoms with van der Waals surface area (Å²) in [6.45, 7) is 1.45. The van der Waals surface area contributed by atoms with Gasteiger partial charge in [0.2, 0.25) is 5.91 Å². The topological polar surface area (TPSA) is 67.9 Å². The van der Waals surface area contributed by atoms with Gasteiger partial charge in [-0.2, -0.15) is 0 Å². The van der Waals surface area contributed by atoms with Crippen LogP contribution in [0.4, 0.5) is 16.2 Å². The highest BCUT2D eigenvalue weighted by Gasteiger charge is 2.23. The van der Waals surface area contributed by atoms with Gasteiger partial charge >= 0.3 is 6.09 Å². The molecule has 25 heavy (non-hydrogen) atoms. The van der Waals surface area contributed by atoms with E-state index in [1.165, 1.54) is 0 Å². The summed E-state index contributed by atoms with van der Waals surface area (Å²) in [7, 11) is 0. The summed E-state index contributed by atoms with van der Waals surface area (Å²) in [5, 5.41) is 2.84. The molecule has 0 aliphatic carbocycles. The summed E-state index contributed by atoms with van der Waals surface area (Å²) >= 11 is 0. The number of carbonyl (C=O) groups is 2. The lowest BCUT2D eigenvalue weighted by Gasteiger charge is -2.13. The first-order chi connectivity index (χ1) is 12.2. The van der Waals surface area contributed by atoms with Crippen LogP contribution in [-0.4, -0.2) is 31.8 Å². The van der Waals surface area contributed by atoms with Gasteiger partial charge in [0, 0.05) is 17.8 Å². The molecule has 1 saturated heterocycles. The predicted molar refractivity (Wildman–Crippen MR) is 94.9 cm³/mol. The number of nitrogens with one attached hydrogen (secondary N) is 1. The van der Waals surface area contributed by atoms with Gasteiger partial charge in [-0.25, -0.2) is 4.79 Å². The van der Waals surface area contributed by atoms with Crippen LogP contribution in [0.5, 0.6) is 5.75 Å². The number of ether oxygens (including phenoxy) is 2. The van der Waals surface area contributed by atoms with Gasteiger partial charge in [0.05, 0.1) is 13.2 Å². The Kier molecular flexibility index (Phi) is 5.51. The Hall–Kier alpha value is -3.02. The zero-order chi connectivity index (χ0) is 17.5. The molecule has 1 aliphatic heterocycles. The second-order valence-corrected chi connectivity index (χ2v) is 5.63. The van der Waals surface area contributed by atoms with E-state index in [0.717, 1.165) is 11.4 Å². The molecule has 0 saturated carbocycles. The summed E-state index contributed by atoms with van der Waals surface area (Å²) in [4.78, 5) is 25.0. The van der Waals surface area contributed by atoms with Gasteiger partial charge in [0.25, 0.3) is 0 Å². The number of hydrogen-bond donors (Lipinski definition) is 1. The maximum atomic E-state index is 12.0. The largest absolute Gasteiger partial charge is 0.494 e. The lowest BCUT2D eigenvalue weighted by Crippen LogP contribution is -2.23. The molecule has 3 rings (SSSR count). The fourth-order valence-corrected chi connectivity index (χ4v) is 2.52. The Labute approximate surface area is 146 Å². The number of carbonyl (C=O) groups excluding carboxylic acids is 2. The highest BCUT2D eigenvalue weighted by molar-refractivity contribution is 5.92. The molecule has 0 radical (unpaired) electrons. The Morgan fingerprint density at radius 2 is 1.88 bits per heavy atom. The van der Waals surface area contributed by atoms with E-state index in [-0.39, 0.29) is 12.0 Å². The van der Waals surface area contributed by atoms with Gasteiger partial charge in [0.1, 0.15) is 12.4 Å². The van der Waals surface area contributed by atoms with Crippen molar-refractivity contribution in [2.45, 2.75) is 12.8 Å². The van der Waals surface area contributed by atoms with Crippen LogP contribution < -0.4 is 15.0 Å². The molecule has 0 aromatic heterocycles. The van der Waals surface area contributed by atoms with Crippen LogP contribution in [0.2, 0.25) is 0 Å². The molecular weight excluding hydrogens is 320 g/mol. The maximum absolute atomic E-state index is 12.0. The van der Waals surface area contributed by atoms with Crippen LogP contribution in [0.1, 0.15) is 12.8 Å². The standard InChI is InChI=1S/C19H20N2O4/c22-18(7-4-13-24-17-5-2-1-3-6-17)20-15-8-10-16(11-9-15)21-12-14-25-19(21)23/h1-3,5-6,8-11H,4,7,12-14H2,(H,20,22). The molecular formula is C19H20N2O4. The quantitative estimate of drug-likeness (QED) is 0.784. The van der Waals surface area contributed by atoms with E-state index in [2.05, 4.69) is 5.32 Å². The number of benzene rings is 2. The van der Waals surface area contributed by atoms with Crippen molar-refractivity contribution in [3.05, 3.63) is 54.6 Å². The van der Waals surface area contributed by atoms with Crippen molar-refractivity contribution in [2.24, 2.45) is 0 Å². The monoisotopic (exact) mass is 340 g/mol. The van der Waals surface area contributed by atoms with Crippen LogP contribution in [0, 0.1) is 0 Å². The molecule has 2 amide bonds. The first kappa shape index (κ1) is 16.8. The fourth-order valence-electron chi connectivity index (χ4n) is 2.52. The fraction of sp³-hybridized carbons (Fsp3) is 0.263. The summed E-state index contributed by atoms with van der Waals surface area (Å²) in [5.41, 5.74) is 1.46. The van der Waals surface area contributed by atoms with Crippen LogP contribution >= 0.6 is 0 Å². The normalized spacial score (nSPS) is 13.4. The van der Waals surface area contributed by atoms with E-state index < -0.39 is 0 Å². The third-order valence-corrected chi connectivity index (χ3v) is 3.78. The average molecular weight is 340 g/mol. The van der Waals surface area contributed by atoms with Crippen molar-refractivity contribution in [1.82, 2.24) is 0 Å². The van der Waals surface area contributed by atoms with E-state index in [0.29, 0.717) is 38.3 Å². The van der Waals surface area contributed by atoms with E-state index in [1.807, 2.05) is 30.3 Å². The van der Waals surface area contributed by atoms with Gasteiger partial charge < -0.3 is 14.8 Å². The zero-order valence-electron chi connectivity index (χ0n) is 13.8. The zero-order valence-corrected chi connectivity index (χ0v) is 13.8. The van der Waals surface area contributed by atoms with E-state index in [4.69, 9.17) is 9.47 Å². The molecule has 6 nitrogen and oxygen atoms in total. The Bertz CT molecular complexity index is 716. The Morgan fingerprint density at radius 1 is 1.12 bits per heavy atom. The van der Waals surface area contributed by atoms with E-state index >= 15 is 0 Å². The van der Waals surface area contributed by atoms with Crippen LogP contribution in [0.25, 0.3) is 0 Å². The van der Waals surface area contributed by atoms with Gasteiger partial charge in [0.15, 0.2) is 0 Å². The van der Waals surface area contributed by atoms with Crippen LogP contribution in [0.3, 0.4) is 0 Å². The molecule has 1 N–H and O–H groups in total. The Morgan fingerprint density at radius 3 is 2.56 bits per heavy atom. The highest BCUT2D eigenvalue weighted by Crippen LogP contribution is 2.21. The Balaban J connectivity index is 1.41. The van der Waals surface area contributed by atoms with Crippen molar-refractivity contribution >= 4 is 23.4 Å². The summed E-state index contributed by atoms with van der Waals surface area (Å²) < 4.78 is 10.5. The minimum atomic E-state index is -0.338. The number of rotatable bonds is 7. The molecule has 1 fully saturated rings. The molecule has 2 aromatic carbocycles. The number of nitrogens with zero attached hydrogens (tertiary/aromatic N) is 1. The third kappa shape index (κ3) is 4.73. The number of para-hydroxylation sites is 1. The maximum Gasteiger partial charge on any atom is 0.414 e. The number of amides is 2. The molecule has 0 spiro atoms.